The van der Waals surface area contributed by atoms with Gasteiger partial charge in [0.05, 0.1) is 0 Å². The van der Waals surface area contributed by atoms with E-state index in [1.165, 1.54) is 69.8 Å². The van der Waals surface area contributed by atoms with Crippen molar-refractivity contribution in [2.24, 2.45) is 0 Å². The van der Waals surface area contributed by atoms with Crippen LogP contribution in [0.15, 0.2) is 36.7 Å². The molecule has 0 aliphatic rings. The summed E-state index contributed by atoms with van der Waals surface area (Å²) in [5.41, 5.74) is 0. The summed E-state index contributed by atoms with van der Waals surface area (Å²) in [7, 11) is 0. The first-order chi connectivity index (χ1) is 12.8. The van der Waals surface area contributed by atoms with E-state index in [1.54, 1.807) is 18.2 Å². The second-order valence-corrected chi connectivity index (χ2v) is 6.55. The molecule has 0 saturated heterocycles. The van der Waals surface area contributed by atoms with Gasteiger partial charge >= 0.3 is 0 Å². The molecule has 0 unspecified atom stereocenters. The number of rotatable bonds is 13. The highest BCUT2D eigenvalue weighted by atomic mass is 19.1. The standard InChI is InChI=1S/C21H30FN3O/c1-2-3-4-5-6-7-8-9-10-15-23-20-16-21(25-17-24-20)26-19-13-11-18(22)12-14-19/h11-14,16-17H,2-10,15H2,1H3,(H,23,24,25). The maximum atomic E-state index is 12.9. The third kappa shape index (κ3) is 8.28. The Morgan fingerprint density at radius 1 is 0.885 bits per heavy atom. The number of hydrogen-bond acceptors (Lipinski definition) is 4. The molecule has 0 spiro atoms. The van der Waals surface area contributed by atoms with Crippen LogP contribution >= 0.6 is 0 Å². The fourth-order valence-electron chi connectivity index (χ4n) is 2.77. The third-order valence-corrected chi connectivity index (χ3v) is 4.26. The molecule has 4 nitrogen and oxygen atoms in total. The number of halogens is 1. The van der Waals surface area contributed by atoms with E-state index in [4.69, 9.17) is 4.74 Å². The Bertz CT molecular complexity index is 619. The molecular weight excluding hydrogens is 329 g/mol. The lowest BCUT2D eigenvalue weighted by Crippen LogP contribution is -2.04. The molecule has 2 rings (SSSR count). The van der Waals surface area contributed by atoms with E-state index < -0.39 is 0 Å². The molecule has 1 aromatic heterocycles. The lowest BCUT2D eigenvalue weighted by atomic mass is 10.1. The summed E-state index contributed by atoms with van der Waals surface area (Å²) in [5, 5.41) is 3.31. The number of hydrogen-bond donors (Lipinski definition) is 1. The van der Waals surface area contributed by atoms with E-state index in [2.05, 4.69) is 22.2 Å². The van der Waals surface area contributed by atoms with Crippen molar-refractivity contribution in [1.29, 1.82) is 0 Å². The van der Waals surface area contributed by atoms with Crippen molar-refractivity contribution in [3.05, 3.63) is 42.5 Å². The summed E-state index contributed by atoms with van der Waals surface area (Å²) in [6, 6.07) is 7.63. The quantitative estimate of drug-likeness (QED) is 0.423. The molecule has 1 N–H and O–H groups in total. The number of nitrogens with one attached hydrogen (secondary N) is 1. The molecule has 0 aliphatic heterocycles. The average molecular weight is 359 g/mol. The van der Waals surface area contributed by atoms with Gasteiger partial charge in [-0.25, -0.2) is 14.4 Å². The summed E-state index contributed by atoms with van der Waals surface area (Å²) < 4.78 is 18.5. The summed E-state index contributed by atoms with van der Waals surface area (Å²) in [4.78, 5) is 8.30. The summed E-state index contributed by atoms with van der Waals surface area (Å²) in [6.07, 6.45) is 13.3. The topological polar surface area (TPSA) is 47.0 Å². The second kappa shape index (κ2) is 12.2. The number of benzene rings is 1. The number of unbranched alkanes of at least 4 members (excludes halogenated alkanes) is 8. The maximum absolute atomic E-state index is 12.9. The highest BCUT2D eigenvalue weighted by molar-refractivity contribution is 5.38. The Morgan fingerprint density at radius 2 is 1.54 bits per heavy atom. The number of aromatic nitrogens is 2. The monoisotopic (exact) mass is 359 g/mol. The molecule has 0 radical (unpaired) electrons. The first-order valence-electron chi connectivity index (χ1n) is 9.77. The molecular formula is C21H30FN3O. The molecule has 0 saturated carbocycles. The molecule has 142 valence electrons. The molecule has 5 heteroatoms. The van der Waals surface area contributed by atoms with Crippen molar-refractivity contribution >= 4 is 5.82 Å². The molecule has 0 amide bonds. The summed E-state index contributed by atoms with van der Waals surface area (Å²) in [6.45, 7) is 3.14. The van der Waals surface area contributed by atoms with Gasteiger partial charge in [0.25, 0.3) is 0 Å². The van der Waals surface area contributed by atoms with Crippen molar-refractivity contribution in [3.8, 4) is 11.6 Å². The Hall–Kier alpha value is -2.17. The first-order valence-corrected chi connectivity index (χ1v) is 9.77. The van der Waals surface area contributed by atoms with E-state index in [0.29, 0.717) is 11.6 Å². The van der Waals surface area contributed by atoms with Crippen LogP contribution < -0.4 is 10.1 Å². The van der Waals surface area contributed by atoms with Gasteiger partial charge in [0.15, 0.2) is 0 Å². The molecule has 0 aliphatic carbocycles. The minimum absolute atomic E-state index is 0.289. The van der Waals surface area contributed by atoms with E-state index in [9.17, 15) is 4.39 Å². The Labute approximate surface area is 156 Å². The van der Waals surface area contributed by atoms with Crippen molar-refractivity contribution in [2.75, 3.05) is 11.9 Å². The highest BCUT2D eigenvalue weighted by Crippen LogP contribution is 2.20. The fourth-order valence-corrected chi connectivity index (χ4v) is 2.77. The predicted octanol–water partition coefficient (Wildman–Crippen LogP) is 6.35. The predicted molar refractivity (Wildman–Crippen MR) is 104 cm³/mol. The summed E-state index contributed by atoms with van der Waals surface area (Å²) in [5.74, 6) is 1.45. The van der Waals surface area contributed by atoms with Gasteiger partial charge in [0.1, 0.15) is 23.7 Å². The lowest BCUT2D eigenvalue weighted by Gasteiger charge is -2.08. The van der Waals surface area contributed by atoms with Gasteiger partial charge in [0, 0.05) is 12.6 Å². The van der Waals surface area contributed by atoms with Crippen LogP contribution in [0.5, 0.6) is 11.6 Å². The van der Waals surface area contributed by atoms with E-state index in [-0.39, 0.29) is 5.82 Å². The molecule has 26 heavy (non-hydrogen) atoms. The zero-order valence-corrected chi connectivity index (χ0v) is 15.7. The van der Waals surface area contributed by atoms with Gasteiger partial charge < -0.3 is 10.1 Å². The van der Waals surface area contributed by atoms with Crippen LogP contribution in [-0.4, -0.2) is 16.5 Å². The van der Waals surface area contributed by atoms with Crippen molar-refractivity contribution in [1.82, 2.24) is 9.97 Å². The van der Waals surface area contributed by atoms with Gasteiger partial charge in [-0.05, 0) is 30.7 Å². The van der Waals surface area contributed by atoms with Gasteiger partial charge in [-0.15, -0.1) is 0 Å². The number of nitrogens with zero attached hydrogens (tertiary/aromatic N) is 2. The number of ether oxygens (including phenoxy) is 1. The molecule has 0 bridgehead atoms. The maximum Gasteiger partial charge on any atom is 0.224 e. The van der Waals surface area contributed by atoms with Gasteiger partial charge in [-0.2, -0.15) is 0 Å². The lowest BCUT2D eigenvalue weighted by molar-refractivity contribution is 0.460. The summed E-state index contributed by atoms with van der Waals surface area (Å²) >= 11 is 0. The smallest absolute Gasteiger partial charge is 0.224 e. The van der Waals surface area contributed by atoms with Crippen molar-refractivity contribution in [2.45, 2.75) is 64.7 Å². The van der Waals surface area contributed by atoms with Crippen LogP contribution in [0.1, 0.15) is 64.7 Å². The van der Waals surface area contributed by atoms with Crippen LogP contribution in [0.4, 0.5) is 10.2 Å². The average Bonchev–Trinajstić information content (AvgIpc) is 2.65. The van der Waals surface area contributed by atoms with Gasteiger partial charge in [-0.3, -0.25) is 0 Å². The first kappa shape index (κ1) is 20.1. The fraction of sp³-hybridized carbons (Fsp3) is 0.524. The highest BCUT2D eigenvalue weighted by Gasteiger charge is 2.02. The Kier molecular flexibility index (Phi) is 9.47. The zero-order chi connectivity index (χ0) is 18.5. The van der Waals surface area contributed by atoms with E-state index >= 15 is 0 Å². The van der Waals surface area contributed by atoms with Gasteiger partial charge in [-0.1, -0.05) is 58.3 Å². The van der Waals surface area contributed by atoms with E-state index in [1.807, 2.05) is 0 Å². The Balaban J connectivity index is 1.60. The minimum atomic E-state index is -0.289. The minimum Gasteiger partial charge on any atom is -0.439 e. The molecule has 1 aromatic carbocycles. The molecule has 0 fully saturated rings. The van der Waals surface area contributed by atoms with Crippen LogP contribution in [0.25, 0.3) is 0 Å². The molecule has 2 aromatic rings. The number of anilines is 1. The van der Waals surface area contributed by atoms with E-state index in [0.717, 1.165) is 18.8 Å². The van der Waals surface area contributed by atoms with Crippen LogP contribution in [0, 0.1) is 5.82 Å². The third-order valence-electron chi connectivity index (χ3n) is 4.26. The Morgan fingerprint density at radius 3 is 2.23 bits per heavy atom. The van der Waals surface area contributed by atoms with Crippen molar-refractivity contribution in [3.63, 3.8) is 0 Å². The van der Waals surface area contributed by atoms with Crippen LogP contribution in [-0.2, 0) is 0 Å². The second-order valence-electron chi connectivity index (χ2n) is 6.55. The molecule has 1 heterocycles. The normalized spacial score (nSPS) is 10.7. The van der Waals surface area contributed by atoms with Crippen molar-refractivity contribution < 1.29 is 9.13 Å². The van der Waals surface area contributed by atoms with Gasteiger partial charge in [0.2, 0.25) is 5.88 Å². The zero-order valence-electron chi connectivity index (χ0n) is 15.7. The molecule has 0 atom stereocenters. The van der Waals surface area contributed by atoms with Crippen LogP contribution in [0.3, 0.4) is 0 Å². The largest absolute Gasteiger partial charge is 0.439 e. The SMILES string of the molecule is CCCCCCCCCCCNc1cc(Oc2ccc(F)cc2)ncn1. The van der Waals surface area contributed by atoms with Crippen LogP contribution in [0.2, 0.25) is 0 Å².